The second kappa shape index (κ2) is 7.06. The third-order valence-corrected chi connectivity index (χ3v) is 3.27. The van der Waals surface area contributed by atoms with Crippen LogP contribution in [0.3, 0.4) is 0 Å². The van der Waals surface area contributed by atoms with Crippen molar-refractivity contribution < 1.29 is 13.6 Å². The molecule has 1 heterocycles. The Hall–Kier alpha value is -1.66. The van der Waals surface area contributed by atoms with Gasteiger partial charge in [-0.15, -0.1) is 0 Å². The number of allylic oxidation sites excluding steroid dienone is 4. The second-order valence-electron chi connectivity index (χ2n) is 4.00. The van der Waals surface area contributed by atoms with E-state index in [1.165, 1.54) is 11.2 Å². The molecule has 1 aliphatic heterocycles. The first-order valence-corrected chi connectivity index (χ1v) is 6.83. The maximum absolute atomic E-state index is 11.3. The Kier molecular flexibility index (Phi) is 5.72. The van der Waals surface area contributed by atoms with Crippen molar-refractivity contribution in [3.63, 3.8) is 0 Å². The number of amides is 1. The average Bonchev–Trinajstić information content (AvgIpc) is 2.36. The van der Waals surface area contributed by atoms with Crippen LogP contribution in [0.25, 0.3) is 0 Å². The van der Waals surface area contributed by atoms with Crippen molar-refractivity contribution in [3.8, 4) is 0 Å². The molecular formula is C13H17N2O3S-. The molecule has 1 N–H and O–H groups in total. The first-order chi connectivity index (χ1) is 8.99. The largest absolute Gasteiger partial charge is 0.755 e. The molecule has 1 atom stereocenters. The molecular weight excluding hydrogens is 264 g/mol. The van der Waals surface area contributed by atoms with Gasteiger partial charge in [0.2, 0.25) is 5.91 Å². The van der Waals surface area contributed by atoms with E-state index in [9.17, 15) is 13.6 Å². The zero-order valence-corrected chi connectivity index (χ0v) is 11.8. The Morgan fingerprint density at radius 3 is 2.84 bits per heavy atom. The van der Waals surface area contributed by atoms with E-state index in [4.69, 9.17) is 0 Å². The Labute approximate surface area is 115 Å². The van der Waals surface area contributed by atoms with E-state index in [-0.39, 0.29) is 12.5 Å². The van der Waals surface area contributed by atoms with Crippen molar-refractivity contribution in [3.05, 3.63) is 47.7 Å². The number of nitrogens with one attached hydrogen (secondary N) is 1. The van der Waals surface area contributed by atoms with Gasteiger partial charge in [0.15, 0.2) is 0 Å². The van der Waals surface area contributed by atoms with Gasteiger partial charge in [-0.3, -0.25) is 13.3 Å². The van der Waals surface area contributed by atoms with E-state index >= 15 is 0 Å². The molecule has 0 bridgehead atoms. The maximum atomic E-state index is 11.3. The number of carbonyl (C=O) groups excluding carboxylic acids is 1. The van der Waals surface area contributed by atoms with E-state index in [0.29, 0.717) is 12.2 Å². The fraction of sp³-hybridized carbons (Fsp3) is 0.308. The molecule has 1 aliphatic rings. The third kappa shape index (κ3) is 4.18. The van der Waals surface area contributed by atoms with Crippen molar-refractivity contribution in [1.29, 1.82) is 0 Å². The summed E-state index contributed by atoms with van der Waals surface area (Å²) < 4.78 is 23.8. The first-order valence-electron chi connectivity index (χ1n) is 5.79. The molecule has 1 rings (SSSR count). The van der Waals surface area contributed by atoms with Gasteiger partial charge in [-0.25, -0.2) is 0 Å². The summed E-state index contributed by atoms with van der Waals surface area (Å²) in [5.74, 6) is -0.151. The van der Waals surface area contributed by atoms with Crippen molar-refractivity contribution >= 4 is 17.2 Å². The van der Waals surface area contributed by atoms with E-state index in [1.54, 1.807) is 25.2 Å². The van der Waals surface area contributed by atoms with Crippen molar-refractivity contribution in [2.75, 3.05) is 13.1 Å². The molecule has 1 unspecified atom stereocenters. The molecule has 0 saturated carbocycles. The van der Waals surface area contributed by atoms with Gasteiger partial charge in [0, 0.05) is 24.7 Å². The van der Waals surface area contributed by atoms with Crippen LogP contribution in [0.1, 0.15) is 13.8 Å². The monoisotopic (exact) mass is 281 g/mol. The average molecular weight is 281 g/mol. The van der Waals surface area contributed by atoms with Gasteiger partial charge in [0.05, 0.1) is 12.2 Å². The molecule has 0 aromatic rings. The van der Waals surface area contributed by atoms with Gasteiger partial charge in [-0.1, -0.05) is 30.9 Å². The Morgan fingerprint density at radius 2 is 2.37 bits per heavy atom. The highest BCUT2D eigenvalue weighted by Crippen LogP contribution is 2.25. The second-order valence-corrected chi connectivity index (χ2v) is 4.87. The Bertz CT molecular complexity index is 492. The minimum atomic E-state index is -2.35. The molecule has 19 heavy (non-hydrogen) atoms. The number of nitrogens with zero attached hydrogens (tertiary/aromatic N) is 1. The van der Waals surface area contributed by atoms with Gasteiger partial charge < -0.3 is 9.87 Å². The smallest absolute Gasteiger partial charge is 0.217 e. The number of carbonyl (C=O) groups is 1. The quantitative estimate of drug-likeness (QED) is 0.786. The molecule has 0 fully saturated rings. The SMILES string of the molecule is C=C/C=C1/C=C(CNC(C)=O)CN(S(=O)[O-])/C1=C/C. The molecule has 0 aromatic carbocycles. The molecule has 1 amide bonds. The highest BCUT2D eigenvalue weighted by molar-refractivity contribution is 7.76. The van der Waals surface area contributed by atoms with Crippen LogP contribution < -0.4 is 5.32 Å². The summed E-state index contributed by atoms with van der Waals surface area (Å²) in [6.07, 6.45) is 6.94. The van der Waals surface area contributed by atoms with Crippen LogP contribution in [-0.2, 0) is 16.1 Å². The summed E-state index contributed by atoms with van der Waals surface area (Å²) in [5.41, 5.74) is 2.19. The van der Waals surface area contributed by atoms with Crippen LogP contribution in [0.15, 0.2) is 47.7 Å². The summed E-state index contributed by atoms with van der Waals surface area (Å²) >= 11 is -2.35. The summed E-state index contributed by atoms with van der Waals surface area (Å²) in [6, 6.07) is 0. The standard InChI is InChI=1S/C13H18N2O3S/c1-4-6-12-7-11(8-14-10(3)16)9-15(19(17)18)13(12)5-2/h4-7H,1,8-9H2,2-3H3,(H,14,16)(H,17,18)/p-1/b12-6-,13-5+. The molecule has 0 saturated heterocycles. The first kappa shape index (κ1) is 15.4. The lowest BCUT2D eigenvalue weighted by Crippen LogP contribution is -2.35. The van der Waals surface area contributed by atoms with Crippen LogP contribution >= 0.6 is 0 Å². The van der Waals surface area contributed by atoms with Gasteiger partial charge in [-0.05, 0) is 18.1 Å². The molecule has 0 aromatic heterocycles. The number of rotatable bonds is 4. The zero-order valence-electron chi connectivity index (χ0n) is 11.0. The van der Waals surface area contributed by atoms with Crippen LogP contribution in [0.4, 0.5) is 0 Å². The zero-order chi connectivity index (χ0) is 14.4. The summed E-state index contributed by atoms with van der Waals surface area (Å²) in [7, 11) is 0. The molecule has 0 radical (unpaired) electrons. The highest BCUT2D eigenvalue weighted by atomic mass is 32.2. The highest BCUT2D eigenvalue weighted by Gasteiger charge is 2.20. The molecule has 0 spiro atoms. The fourth-order valence-electron chi connectivity index (χ4n) is 1.80. The van der Waals surface area contributed by atoms with E-state index in [0.717, 1.165) is 11.1 Å². The minimum Gasteiger partial charge on any atom is -0.755 e. The van der Waals surface area contributed by atoms with Gasteiger partial charge in [0.1, 0.15) is 0 Å². The normalized spacial score (nSPS) is 21.2. The lowest BCUT2D eigenvalue weighted by atomic mass is 10.0. The minimum absolute atomic E-state index is 0.151. The summed E-state index contributed by atoms with van der Waals surface area (Å²) in [5, 5.41) is 2.66. The molecule has 6 heteroatoms. The van der Waals surface area contributed by atoms with E-state index in [2.05, 4.69) is 11.9 Å². The third-order valence-electron chi connectivity index (χ3n) is 2.59. The lowest BCUT2D eigenvalue weighted by molar-refractivity contribution is -0.118. The van der Waals surface area contributed by atoms with Crippen LogP contribution in [0, 0.1) is 0 Å². The predicted molar refractivity (Wildman–Crippen MR) is 74.4 cm³/mol. The molecule has 104 valence electrons. The summed E-state index contributed by atoms with van der Waals surface area (Å²) in [6.45, 7) is 7.38. The van der Waals surface area contributed by atoms with Crippen molar-refractivity contribution in [2.45, 2.75) is 13.8 Å². The van der Waals surface area contributed by atoms with Gasteiger partial charge >= 0.3 is 0 Å². The number of hydrogen-bond acceptors (Lipinski definition) is 3. The van der Waals surface area contributed by atoms with Crippen LogP contribution in [0.2, 0.25) is 0 Å². The number of hydrogen-bond donors (Lipinski definition) is 1. The molecule has 5 nitrogen and oxygen atoms in total. The van der Waals surface area contributed by atoms with Crippen LogP contribution in [-0.4, -0.2) is 32.1 Å². The fourth-order valence-corrected chi connectivity index (χ4v) is 2.44. The Morgan fingerprint density at radius 1 is 1.68 bits per heavy atom. The maximum Gasteiger partial charge on any atom is 0.217 e. The predicted octanol–water partition coefficient (Wildman–Crippen LogP) is 1.17. The summed E-state index contributed by atoms with van der Waals surface area (Å²) in [4.78, 5) is 10.9. The van der Waals surface area contributed by atoms with E-state index in [1.807, 2.05) is 6.08 Å². The van der Waals surface area contributed by atoms with E-state index < -0.39 is 11.3 Å². The van der Waals surface area contributed by atoms with Crippen molar-refractivity contribution in [1.82, 2.24) is 9.62 Å². The molecule has 0 aliphatic carbocycles. The Balaban J connectivity index is 3.08. The van der Waals surface area contributed by atoms with Gasteiger partial charge in [-0.2, -0.15) is 0 Å². The van der Waals surface area contributed by atoms with Crippen molar-refractivity contribution in [2.24, 2.45) is 0 Å². The van der Waals surface area contributed by atoms with Crippen LogP contribution in [0.5, 0.6) is 0 Å². The topological polar surface area (TPSA) is 72.5 Å². The lowest BCUT2D eigenvalue weighted by Gasteiger charge is -2.34. The van der Waals surface area contributed by atoms with Gasteiger partial charge in [0.25, 0.3) is 0 Å².